The summed E-state index contributed by atoms with van der Waals surface area (Å²) in [5.41, 5.74) is 3.62. The van der Waals surface area contributed by atoms with Gasteiger partial charge in [0.2, 0.25) is 0 Å². The number of thiophene rings is 1. The van der Waals surface area contributed by atoms with Gasteiger partial charge in [0.25, 0.3) is 5.91 Å². The number of carbonyl (C=O) groups is 1. The van der Waals surface area contributed by atoms with Crippen molar-refractivity contribution < 1.29 is 4.79 Å². The Labute approximate surface area is 168 Å². The molecule has 1 fully saturated rings. The van der Waals surface area contributed by atoms with Crippen molar-refractivity contribution in [1.82, 2.24) is 5.32 Å². The zero-order valence-corrected chi connectivity index (χ0v) is 16.4. The lowest BCUT2D eigenvalue weighted by atomic mass is 10.1. The normalized spacial score (nSPS) is 15.4. The topological polar surface area (TPSA) is 32.3 Å². The first-order valence-electron chi connectivity index (χ1n) is 8.67. The van der Waals surface area contributed by atoms with Crippen LogP contribution in [0.2, 0.25) is 0 Å². The van der Waals surface area contributed by atoms with Crippen LogP contribution < -0.4 is 10.2 Å². The Morgan fingerprint density at radius 2 is 1.78 bits per heavy atom. The van der Waals surface area contributed by atoms with Crippen LogP contribution in [0.15, 0.2) is 72.4 Å². The fourth-order valence-electron chi connectivity index (χ4n) is 3.07. The molecule has 4 rings (SSSR count). The van der Waals surface area contributed by atoms with Gasteiger partial charge in [-0.25, -0.2) is 0 Å². The lowest BCUT2D eigenvalue weighted by Gasteiger charge is -2.16. The van der Waals surface area contributed by atoms with Gasteiger partial charge in [0.05, 0.1) is 5.69 Å². The number of hydrogen-bond donors (Lipinski definition) is 1. The van der Waals surface area contributed by atoms with Gasteiger partial charge in [0, 0.05) is 16.2 Å². The van der Waals surface area contributed by atoms with Gasteiger partial charge in [0.1, 0.15) is 5.70 Å². The first-order chi connectivity index (χ1) is 13.1. The Balaban J connectivity index is 1.56. The molecular formula is C22H18N2OS2. The number of anilines is 1. The average Bonchev–Trinajstić information content (AvgIpc) is 3.21. The Bertz CT molecular complexity index is 1040. The summed E-state index contributed by atoms with van der Waals surface area (Å²) in [7, 11) is 0. The molecule has 2 aromatic carbocycles. The highest BCUT2D eigenvalue weighted by atomic mass is 32.1. The van der Waals surface area contributed by atoms with Gasteiger partial charge in [-0.2, -0.15) is 0 Å². The van der Waals surface area contributed by atoms with Crippen LogP contribution in [0.3, 0.4) is 0 Å². The van der Waals surface area contributed by atoms with Gasteiger partial charge >= 0.3 is 0 Å². The number of rotatable bonds is 4. The van der Waals surface area contributed by atoms with Gasteiger partial charge in [-0.1, -0.05) is 48.5 Å². The molecule has 27 heavy (non-hydrogen) atoms. The highest BCUT2D eigenvalue weighted by Gasteiger charge is 2.32. The zero-order chi connectivity index (χ0) is 18.8. The zero-order valence-electron chi connectivity index (χ0n) is 14.8. The standard InChI is InChI=1S/C22H18N2OS2/c1-15-7-5-6-10-20(15)24-21(25)19(23-22(24)26)14-18-12-11-17(27-18)13-16-8-3-2-4-9-16/h2-12,14H,13H2,1H3,(H,23,26)/b19-14+. The van der Waals surface area contributed by atoms with E-state index in [0.29, 0.717) is 10.8 Å². The number of carbonyl (C=O) groups excluding carboxylic acids is 1. The minimum absolute atomic E-state index is 0.118. The van der Waals surface area contributed by atoms with Crippen molar-refractivity contribution in [2.45, 2.75) is 13.3 Å². The molecule has 1 saturated heterocycles. The smallest absolute Gasteiger partial charge is 0.281 e. The maximum atomic E-state index is 12.9. The van der Waals surface area contributed by atoms with Gasteiger partial charge in [0.15, 0.2) is 5.11 Å². The fourth-order valence-corrected chi connectivity index (χ4v) is 4.36. The summed E-state index contributed by atoms with van der Waals surface area (Å²) in [5, 5.41) is 3.48. The lowest BCUT2D eigenvalue weighted by Crippen LogP contribution is -2.30. The number of nitrogens with zero attached hydrogens (tertiary/aromatic N) is 1. The lowest BCUT2D eigenvalue weighted by molar-refractivity contribution is -0.113. The largest absolute Gasteiger partial charge is 0.327 e. The van der Waals surface area contributed by atoms with E-state index in [1.54, 1.807) is 16.2 Å². The van der Waals surface area contributed by atoms with E-state index in [4.69, 9.17) is 12.2 Å². The van der Waals surface area contributed by atoms with Crippen LogP contribution in [0.5, 0.6) is 0 Å². The third-order valence-electron chi connectivity index (χ3n) is 4.42. The van der Waals surface area contributed by atoms with Crippen molar-refractivity contribution in [2.75, 3.05) is 4.90 Å². The number of para-hydroxylation sites is 1. The number of hydrogen-bond acceptors (Lipinski definition) is 3. The molecule has 1 amide bonds. The van der Waals surface area contributed by atoms with Crippen LogP contribution >= 0.6 is 23.6 Å². The predicted octanol–water partition coefficient (Wildman–Crippen LogP) is 4.91. The Kier molecular flexibility index (Phi) is 4.88. The molecule has 0 saturated carbocycles. The second-order valence-corrected chi connectivity index (χ2v) is 7.97. The number of nitrogens with one attached hydrogen (secondary N) is 1. The van der Waals surface area contributed by atoms with E-state index < -0.39 is 0 Å². The quantitative estimate of drug-likeness (QED) is 0.507. The van der Waals surface area contributed by atoms with E-state index >= 15 is 0 Å². The maximum Gasteiger partial charge on any atom is 0.281 e. The van der Waals surface area contributed by atoms with Gasteiger partial charge < -0.3 is 5.32 Å². The Hall–Kier alpha value is -2.76. The van der Waals surface area contributed by atoms with Crippen molar-refractivity contribution in [1.29, 1.82) is 0 Å². The third kappa shape index (κ3) is 3.70. The molecule has 3 nitrogen and oxygen atoms in total. The first-order valence-corrected chi connectivity index (χ1v) is 9.90. The summed E-state index contributed by atoms with van der Waals surface area (Å²) >= 11 is 7.09. The van der Waals surface area contributed by atoms with Crippen LogP contribution in [-0.2, 0) is 11.2 Å². The van der Waals surface area contributed by atoms with Gasteiger partial charge in [-0.15, -0.1) is 11.3 Å². The Morgan fingerprint density at radius 3 is 2.56 bits per heavy atom. The number of amides is 1. The second-order valence-electron chi connectivity index (χ2n) is 6.38. The molecule has 0 bridgehead atoms. The van der Waals surface area contributed by atoms with Gasteiger partial charge in [-0.05, 0) is 54.5 Å². The van der Waals surface area contributed by atoms with Crippen molar-refractivity contribution in [3.8, 4) is 0 Å². The highest BCUT2D eigenvalue weighted by Crippen LogP contribution is 2.27. The number of aryl methyl sites for hydroxylation is 1. The van der Waals surface area contributed by atoms with Crippen molar-refractivity contribution in [3.05, 3.63) is 93.3 Å². The van der Waals surface area contributed by atoms with Crippen molar-refractivity contribution in [3.63, 3.8) is 0 Å². The molecule has 0 spiro atoms. The SMILES string of the molecule is Cc1ccccc1N1C(=O)/C(=C\c2ccc(Cc3ccccc3)s2)NC1=S. The molecule has 1 N–H and O–H groups in total. The van der Waals surface area contributed by atoms with E-state index in [9.17, 15) is 4.79 Å². The van der Waals surface area contributed by atoms with Crippen LogP contribution in [0.4, 0.5) is 5.69 Å². The third-order valence-corrected chi connectivity index (χ3v) is 5.74. The summed E-state index contributed by atoms with van der Waals surface area (Å²) in [6.45, 7) is 1.97. The average molecular weight is 391 g/mol. The molecule has 0 aliphatic carbocycles. The molecule has 0 radical (unpaired) electrons. The summed E-state index contributed by atoms with van der Waals surface area (Å²) in [6.07, 6.45) is 2.77. The van der Waals surface area contributed by atoms with Crippen LogP contribution in [-0.4, -0.2) is 11.0 Å². The maximum absolute atomic E-state index is 12.9. The summed E-state index contributed by atoms with van der Waals surface area (Å²) < 4.78 is 0. The van der Waals surface area contributed by atoms with Crippen molar-refractivity contribution in [2.24, 2.45) is 0 Å². The molecule has 0 atom stereocenters. The first kappa shape index (κ1) is 17.6. The molecule has 134 valence electrons. The molecule has 1 aliphatic rings. The summed E-state index contributed by atoms with van der Waals surface area (Å²) in [5.74, 6) is -0.118. The van der Waals surface area contributed by atoms with E-state index in [1.807, 2.05) is 61.5 Å². The minimum Gasteiger partial charge on any atom is -0.327 e. The van der Waals surface area contributed by atoms with Crippen LogP contribution in [0.25, 0.3) is 6.08 Å². The van der Waals surface area contributed by atoms with E-state index in [1.165, 1.54) is 10.4 Å². The molecular weight excluding hydrogens is 372 g/mol. The molecule has 5 heteroatoms. The molecule has 1 aromatic heterocycles. The van der Waals surface area contributed by atoms with Crippen LogP contribution in [0.1, 0.15) is 20.9 Å². The molecule has 0 unspecified atom stereocenters. The van der Waals surface area contributed by atoms with Crippen molar-refractivity contribution >= 4 is 46.3 Å². The Morgan fingerprint density at radius 1 is 1.04 bits per heavy atom. The number of benzene rings is 2. The minimum atomic E-state index is -0.118. The summed E-state index contributed by atoms with van der Waals surface area (Å²) in [6, 6.07) is 22.3. The molecule has 2 heterocycles. The van der Waals surface area contributed by atoms with E-state index in [-0.39, 0.29) is 5.91 Å². The van der Waals surface area contributed by atoms with Crippen LogP contribution in [0, 0.1) is 6.92 Å². The van der Waals surface area contributed by atoms with Gasteiger partial charge in [-0.3, -0.25) is 9.69 Å². The van der Waals surface area contributed by atoms with E-state index in [2.05, 4.69) is 23.5 Å². The summed E-state index contributed by atoms with van der Waals surface area (Å²) in [4.78, 5) is 16.7. The fraction of sp³-hybridized carbons (Fsp3) is 0.0909. The molecule has 3 aromatic rings. The number of thiocarbonyl (C=S) groups is 1. The predicted molar refractivity (Wildman–Crippen MR) is 116 cm³/mol. The monoisotopic (exact) mass is 390 g/mol. The highest BCUT2D eigenvalue weighted by molar-refractivity contribution is 7.80. The van der Waals surface area contributed by atoms with E-state index in [0.717, 1.165) is 22.5 Å². The second kappa shape index (κ2) is 7.47. The molecule has 1 aliphatic heterocycles.